The molecule has 2 aliphatic carbocycles. The predicted octanol–water partition coefficient (Wildman–Crippen LogP) is 28.1. The first-order chi connectivity index (χ1) is 52.1. The fourth-order valence-electron chi connectivity index (χ4n) is 19.0. The third-order valence-electron chi connectivity index (χ3n) is 23.7. The summed E-state index contributed by atoms with van der Waals surface area (Å²) in [5, 5.41) is 28.5. The fraction of sp³-hybridized carbons (Fsp3) is 0.0588. The van der Waals surface area contributed by atoms with Crippen LogP contribution in [0.4, 0.5) is 0 Å². The lowest BCUT2D eigenvalue weighted by atomic mass is 9.79. The number of nitrogens with zero attached hydrogens (tertiary/aromatic N) is 2. The summed E-state index contributed by atoms with van der Waals surface area (Å²) in [6.45, 7) is 9.50. The SMILES string of the molecule is CC1(C)c2ccccc2-c2c1cc1ccc3c4c(cc5ccc2c1c53)C(C)(C)c1ccccc1-4.c1ccc(-n2c3ccccc3c3c4ccc5cc6c(c7ccc(cc32)c4c57)c2ccccc2n6-c2ccccc2)cc1.c1ccc(Oc2ccc3ccc4c(Oc5ccccc5)ccc5ccc2c3c54)cc1. The average molecular weight is 1350 g/mol. The molecule has 2 heterocycles. The third kappa shape index (κ3) is 8.64. The van der Waals surface area contributed by atoms with Gasteiger partial charge in [-0.1, -0.05) is 258 Å². The van der Waals surface area contributed by atoms with Gasteiger partial charge >= 0.3 is 0 Å². The largest absolute Gasteiger partial charge is 0.457 e. The van der Waals surface area contributed by atoms with E-state index in [1.54, 1.807) is 0 Å². The van der Waals surface area contributed by atoms with Gasteiger partial charge in [0.1, 0.15) is 23.0 Å². The lowest BCUT2D eigenvalue weighted by molar-refractivity contribution is 0.488. The van der Waals surface area contributed by atoms with Gasteiger partial charge in [-0.2, -0.15) is 0 Å². The van der Waals surface area contributed by atoms with Crippen LogP contribution in [-0.2, 0) is 10.8 Å². The van der Waals surface area contributed by atoms with Gasteiger partial charge in [-0.15, -0.1) is 0 Å². The van der Waals surface area contributed by atoms with Crippen LogP contribution in [-0.4, -0.2) is 9.13 Å². The lowest BCUT2D eigenvalue weighted by Gasteiger charge is -2.24. The zero-order valence-corrected chi connectivity index (χ0v) is 59.0. The normalized spacial score (nSPS) is 13.4. The van der Waals surface area contributed by atoms with E-state index in [1.165, 1.54) is 186 Å². The molecule has 2 aliphatic rings. The number of fused-ring (bicyclic) bond motifs is 16. The monoisotopic (exact) mass is 1350 g/mol. The zero-order valence-electron chi connectivity index (χ0n) is 59.0. The van der Waals surface area contributed by atoms with Crippen molar-refractivity contribution >= 4 is 141 Å². The maximum Gasteiger partial charge on any atom is 0.135 e. The molecule has 2 aromatic heterocycles. The molecular formula is C102H68N2O2. The van der Waals surface area contributed by atoms with Crippen LogP contribution >= 0.6 is 0 Å². The topological polar surface area (TPSA) is 28.3 Å². The summed E-state index contributed by atoms with van der Waals surface area (Å²) in [5.74, 6) is 3.39. The molecule has 4 heteroatoms. The maximum atomic E-state index is 6.23. The van der Waals surface area contributed by atoms with Gasteiger partial charge in [-0.05, 0) is 229 Å². The molecule has 0 saturated heterocycles. The molecule has 22 aromatic rings. The molecule has 20 aromatic carbocycles. The Morgan fingerprint density at radius 3 is 0.953 bits per heavy atom. The Kier molecular flexibility index (Phi) is 12.9. The van der Waals surface area contributed by atoms with Gasteiger partial charge in [0.25, 0.3) is 0 Å². The summed E-state index contributed by atoms with van der Waals surface area (Å²) in [5.41, 5.74) is 18.8. The van der Waals surface area contributed by atoms with Gasteiger partial charge < -0.3 is 18.6 Å². The van der Waals surface area contributed by atoms with E-state index in [1.807, 2.05) is 60.7 Å². The van der Waals surface area contributed by atoms with Crippen LogP contribution in [0.2, 0.25) is 0 Å². The van der Waals surface area contributed by atoms with Crippen LogP contribution in [0, 0.1) is 0 Å². The summed E-state index contributed by atoms with van der Waals surface area (Å²) in [6, 6.07) is 123. The van der Waals surface area contributed by atoms with Crippen molar-refractivity contribution in [2.45, 2.75) is 38.5 Å². The molecule has 0 unspecified atom stereocenters. The molecule has 0 fully saturated rings. The summed E-state index contributed by atoms with van der Waals surface area (Å²) in [7, 11) is 0. The highest BCUT2D eigenvalue weighted by Crippen LogP contribution is 2.58. The van der Waals surface area contributed by atoms with Crippen molar-refractivity contribution in [3.8, 4) is 56.6 Å². The second-order valence-electron chi connectivity index (χ2n) is 30.1. The summed E-state index contributed by atoms with van der Waals surface area (Å²) in [6.07, 6.45) is 0. The molecule has 0 aliphatic heterocycles. The Morgan fingerprint density at radius 1 is 0.217 bits per heavy atom. The first-order valence-corrected chi connectivity index (χ1v) is 37.0. The van der Waals surface area contributed by atoms with Crippen LogP contribution < -0.4 is 9.47 Å². The molecule has 106 heavy (non-hydrogen) atoms. The molecule has 4 nitrogen and oxygen atoms in total. The first-order valence-electron chi connectivity index (χ1n) is 37.0. The summed E-state index contributed by atoms with van der Waals surface area (Å²) < 4.78 is 17.3. The van der Waals surface area contributed by atoms with Crippen molar-refractivity contribution in [3.63, 3.8) is 0 Å². The number of benzene rings is 20. The van der Waals surface area contributed by atoms with Crippen LogP contribution in [0.5, 0.6) is 23.0 Å². The van der Waals surface area contributed by atoms with E-state index < -0.39 is 0 Å². The van der Waals surface area contributed by atoms with Crippen molar-refractivity contribution in [3.05, 3.63) is 362 Å². The highest BCUT2D eigenvalue weighted by molar-refractivity contribution is 6.38. The van der Waals surface area contributed by atoms with E-state index in [0.29, 0.717) is 0 Å². The summed E-state index contributed by atoms with van der Waals surface area (Å²) >= 11 is 0. The second kappa shape index (κ2) is 22.6. The van der Waals surface area contributed by atoms with Crippen molar-refractivity contribution in [2.24, 2.45) is 0 Å². The quantitative estimate of drug-likeness (QED) is 0.155. The van der Waals surface area contributed by atoms with Gasteiger partial charge in [-0.25, -0.2) is 0 Å². The minimum Gasteiger partial charge on any atom is -0.457 e. The Bertz CT molecular complexity index is 6910. The Morgan fingerprint density at radius 2 is 0.528 bits per heavy atom. The highest BCUT2D eigenvalue weighted by Gasteiger charge is 2.40. The van der Waals surface area contributed by atoms with Gasteiger partial charge in [0, 0.05) is 65.3 Å². The number of aromatic nitrogens is 2. The van der Waals surface area contributed by atoms with Crippen molar-refractivity contribution in [2.75, 3.05) is 0 Å². The molecule has 498 valence electrons. The summed E-state index contributed by atoms with van der Waals surface area (Å²) in [4.78, 5) is 0. The number of hydrogen-bond donors (Lipinski definition) is 0. The number of ether oxygens (including phenoxy) is 2. The third-order valence-corrected chi connectivity index (χ3v) is 23.7. The van der Waals surface area contributed by atoms with Crippen molar-refractivity contribution < 1.29 is 9.47 Å². The van der Waals surface area contributed by atoms with E-state index in [0.717, 1.165) is 33.8 Å². The average Bonchev–Trinajstić information content (AvgIpc) is 1.48. The molecule has 0 bridgehead atoms. The van der Waals surface area contributed by atoms with Crippen LogP contribution in [0.1, 0.15) is 49.9 Å². The number of rotatable bonds is 6. The number of hydrogen-bond acceptors (Lipinski definition) is 2. The minimum absolute atomic E-state index is 0.0145. The molecule has 0 radical (unpaired) electrons. The standard InChI is InChI=1S/C40H24N2.C34H26.C28H18O2/c1-3-11-27(12-4-1)41-33-17-9-7-15-29(33)39-31-21-20-26-24-36-40(32-22-19-25(23-35(39)41)37(31)38(26)32)30-16-8-10-18-34(30)42(36)28-13-5-2-6-14-28;1-33(2)25-11-7-5-9-21(25)31-23-15-14-20-18-28-32(22-10-6-8-12-26(22)34(28,3)4)24-16-13-19(17-27(31)33)29(23)30(20)24;1-3-7-21(8-4-1)29-25-17-13-19-12-16-24-26(30-22-9-5-2-6-10-22)18-14-20-11-15-23(25)27(19)28(20)24/h1-24H;5-18H,1-4H3;1-18H. The Balaban J connectivity index is 0.000000101. The minimum atomic E-state index is 0.0145. The lowest BCUT2D eigenvalue weighted by Crippen LogP contribution is -2.15. The van der Waals surface area contributed by atoms with Crippen LogP contribution in [0.25, 0.3) is 174 Å². The molecule has 0 amide bonds. The molecule has 0 N–H and O–H groups in total. The van der Waals surface area contributed by atoms with Crippen molar-refractivity contribution in [1.29, 1.82) is 0 Å². The molecule has 0 atom stereocenters. The molecular weight excluding hydrogens is 1290 g/mol. The van der Waals surface area contributed by atoms with Gasteiger partial charge in [0.2, 0.25) is 0 Å². The molecule has 24 rings (SSSR count). The highest BCUT2D eigenvalue weighted by atomic mass is 16.5. The van der Waals surface area contributed by atoms with E-state index in [2.05, 4.69) is 316 Å². The van der Waals surface area contributed by atoms with E-state index in [4.69, 9.17) is 9.47 Å². The maximum absolute atomic E-state index is 6.23. The fourth-order valence-corrected chi connectivity index (χ4v) is 19.0. The van der Waals surface area contributed by atoms with Gasteiger partial charge in [0.05, 0.1) is 22.1 Å². The van der Waals surface area contributed by atoms with E-state index in [-0.39, 0.29) is 10.8 Å². The zero-order chi connectivity index (χ0) is 70.3. The molecule has 0 spiro atoms. The Labute approximate surface area is 612 Å². The first kappa shape index (κ1) is 60.3. The Hall–Kier alpha value is -13.3. The van der Waals surface area contributed by atoms with E-state index in [9.17, 15) is 0 Å². The number of para-hydroxylation sites is 6. The second-order valence-corrected chi connectivity index (χ2v) is 30.1. The predicted molar refractivity (Wildman–Crippen MR) is 447 cm³/mol. The van der Waals surface area contributed by atoms with Crippen LogP contribution in [0.3, 0.4) is 0 Å². The van der Waals surface area contributed by atoms with Gasteiger partial charge in [0.15, 0.2) is 0 Å². The molecule has 0 saturated carbocycles. The van der Waals surface area contributed by atoms with Crippen molar-refractivity contribution in [1.82, 2.24) is 9.13 Å². The van der Waals surface area contributed by atoms with E-state index >= 15 is 0 Å². The van der Waals surface area contributed by atoms with Gasteiger partial charge in [-0.3, -0.25) is 0 Å². The van der Waals surface area contributed by atoms with Crippen LogP contribution in [0.15, 0.2) is 340 Å². The smallest absolute Gasteiger partial charge is 0.135 e.